The Morgan fingerprint density at radius 2 is 2.25 bits per heavy atom. The summed E-state index contributed by atoms with van der Waals surface area (Å²) >= 11 is 1.55. The largest absolute Gasteiger partial charge is 0.392 e. The SMILES string of the molecule is Cc1nc(CN(C)c2ccc(CO)cc2[N+](=O)[O-])cs1. The lowest BCUT2D eigenvalue weighted by molar-refractivity contribution is -0.384. The first-order valence-corrected chi connectivity index (χ1v) is 6.89. The predicted molar refractivity (Wildman–Crippen MR) is 78.0 cm³/mol. The fourth-order valence-corrected chi connectivity index (χ4v) is 2.55. The number of aromatic nitrogens is 1. The van der Waals surface area contributed by atoms with Crippen LogP contribution in [0.3, 0.4) is 0 Å². The molecular formula is C13H15N3O3S. The molecule has 2 rings (SSSR count). The maximum atomic E-state index is 11.1. The lowest BCUT2D eigenvalue weighted by Gasteiger charge is -2.18. The topological polar surface area (TPSA) is 79.5 Å². The standard InChI is InChI=1S/C13H15N3O3S/c1-9-14-11(8-20-9)6-15(2)12-4-3-10(7-17)5-13(12)16(18)19/h3-5,8,17H,6-7H2,1-2H3. The molecule has 0 atom stereocenters. The lowest BCUT2D eigenvalue weighted by atomic mass is 10.1. The van der Waals surface area contributed by atoms with Crippen molar-refractivity contribution >= 4 is 22.7 Å². The molecule has 1 aromatic heterocycles. The molecule has 0 aliphatic rings. The van der Waals surface area contributed by atoms with Crippen LogP contribution in [0, 0.1) is 17.0 Å². The minimum atomic E-state index is -0.433. The van der Waals surface area contributed by atoms with Crippen LogP contribution in [0.25, 0.3) is 0 Å². The first-order valence-electron chi connectivity index (χ1n) is 6.01. The first kappa shape index (κ1) is 14.4. The number of hydrogen-bond donors (Lipinski definition) is 1. The Morgan fingerprint density at radius 1 is 1.50 bits per heavy atom. The lowest BCUT2D eigenvalue weighted by Crippen LogP contribution is -2.18. The van der Waals surface area contributed by atoms with E-state index >= 15 is 0 Å². The number of nitro groups is 1. The van der Waals surface area contributed by atoms with Crippen molar-refractivity contribution in [2.24, 2.45) is 0 Å². The molecular weight excluding hydrogens is 278 g/mol. The van der Waals surface area contributed by atoms with E-state index in [0.717, 1.165) is 10.7 Å². The summed E-state index contributed by atoms with van der Waals surface area (Å²) in [5.74, 6) is 0. The number of nitro benzene ring substituents is 1. The molecule has 1 aromatic carbocycles. The fourth-order valence-electron chi connectivity index (χ4n) is 1.95. The Balaban J connectivity index is 2.28. The molecule has 106 valence electrons. The highest BCUT2D eigenvalue weighted by atomic mass is 32.1. The first-order chi connectivity index (χ1) is 9.51. The number of nitrogens with zero attached hydrogens (tertiary/aromatic N) is 3. The van der Waals surface area contributed by atoms with Gasteiger partial charge in [-0.3, -0.25) is 10.1 Å². The van der Waals surface area contributed by atoms with Crippen molar-refractivity contribution in [3.8, 4) is 0 Å². The van der Waals surface area contributed by atoms with Crippen LogP contribution in [0.1, 0.15) is 16.3 Å². The summed E-state index contributed by atoms with van der Waals surface area (Å²) < 4.78 is 0. The normalized spacial score (nSPS) is 10.6. The van der Waals surface area contributed by atoms with Gasteiger partial charge in [0.05, 0.1) is 28.8 Å². The Hall–Kier alpha value is -1.99. The van der Waals surface area contributed by atoms with Crippen molar-refractivity contribution in [2.45, 2.75) is 20.1 Å². The smallest absolute Gasteiger partial charge is 0.292 e. The molecule has 0 bridgehead atoms. The van der Waals surface area contributed by atoms with E-state index < -0.39 is 4.92 Å². The summed E-state index contributed by atoms with van der Waals surface area (Å²) in [6.45, 7) is 2.21. The number of thiazole rings is 1. The number of aliphatic hydroxyl groups excluding tert-OH is 1. The van der Waals surface area contributed by atoms with Crippen molar-refractivity contribution in [2.75, 3.05) is 11.9 Å². The van der Waals surface area contributed by atoms with Crippen LogP contribution in [0.15, 0.2) is 23.6 Å². The molecule has 7 heteroatoms. The van der Waals surface area contributed by atoms with Crippen LogP contribution in [0.5, 0.6) is 0 Å². The van der Waals surface area contributed by atoms with Gasteiger partial charge in [-0.05, 0) is 18.6 Å². The zero-order chi connectivity index (χ0) is 14.7. The third-order valence-electron chi connectivity index (χ3n) is 2.90. The van der Waals surface area contributed by atoms with Gasteiger partial charge >= 0.3 is 0 Å². The minimum absolute atomic E-state index is 0.00833. The number of rotatable bonds is 5. The molecule has 0 amide bonds. The molecule has 0 saturated heterocycles. The fraction of sp³-hybridized carbons (Fsp3) is 0.308. The van der Waals surface area contributed by atoms with Crippen molar-refractivity contribution in [1.29, 1.82) is 0 Å². The van der Waals surface area contributed by atoms with Gasteiger partial charge in [0.25, 0.3) is 5.69 Å². The average Bonchev–Trinajstić information content (AvgIpc) is 2.83. The maximum Gasteiger partial charge on any atom is 0.292 e. The zero-order valence-electron chi connectivity index (χ0n) is 11.2. The second-order valence-corrected chi connectivity index (χ2v) is 5.51. The van der Waals surface area contributed by atoms with E-state index in [1.54, 1.807) is 35.4 Å². The highest BCUT2D eigenvalue weighted by Gasteiger charge is 2.18. The Labute approximate surface area is 120 Å². The molecule has 0 radical (unpaired) electrons. The zero-order valence-corrected chi connectivity index (χ0v) is 12.1. The summed E-state index contributed by atoms with van der Waals surface area (Å²) in [5.41, 5.74) is 1.91. The van der Waals surface area contributed by atoms with E-state index in [0.29, 0.717) is 17.8 Å². The highest BCUT2D eigenvalue weighted by Crippen LogP contribution is 2.29. The second kappa shape index (κ2) is 5.98. The number of hydrogen-bond acceptors (Lipinski definition) is 6. The van der Waals surface area contributed by atoms with Crippen molar-refractivity contribution in [3.05, 3.63) is 50.0 Å². The quantitative estimate of drug-likeness (QED) is 0.676. The number of benzene rings is 1. The molecule has 2 aromatic rings. The third kappa shape index (κ3) is 3.12. The predicted octanol–water partition coefficient (Wildman–Crippen LogP) is 2.49. The van der Waals surface area contributed by atoms with E-state index in [9.17, 15) is 10.1 Å². The van der Waals surface area contributed by atoms with Crippen molar-refractivity contribution < 1.29 is 10.0 Å². The van der Waals surface area contributed by atoms with Gasteiger partial charge in [-0.2, -0.15) is 0 Å². The summed E-state index contributed by atoms with van der Waals surface area (Å²) in [4.78, 5) is 16.8. The van der Waals surface area contributed by atoms with Gasteiger partial charge in [0.2, 0.25) is 0 Å². The van der Waals surface area contributed by atoms with E-state index in [-0.39, 0.29) is 12.3 Å². The molecule has 0 aliphatic carbocycles. The van der Waals surface area contributed by atoms with Gasteiger partial charge in [0.15, 0.2) is 0 Å². The van der Waals surface area contributed by atoms with Gasteiger partial charge in [0, 0.05) is 18.5 Å². The van der Waals surface area contributed by atoms with Crippen molar-refractivity contribution in [1.82, 2.24) is 4.98 Å². The van der Waals surface area contributed by atoms with Gasteiger partial charge in [-0.1, -0.05) is 6.07 Å². The maximum absolute atomic E-state index is 11.1. The molecule has 0 saturated carbocycles. The molecule has 1 N–H and O–H groups in total. The van der Waals surface area contributed by atoms with Gasteiger partial charge in [-0.25, -0.2) is 4.98 Å². The Kier molecular flexibility index (Phi) is 4.31. The molecule has 1 heterocycles. The molecule has 0 aliphatic heterocycles. The minimum Gasteiger partial charge on any atom is -0.392 e. The van der Waals surface area contributed by atoms with Crippen LogP contribution in [0.2, 0.25) is 0 Å². The van der Waals surface area contributed by atoms with Crippen LogP contribution in [-0.2, 0) is 13.2 Å². The van der Waals surface area contributed by atoms with Crippen LogP contribution in [0.4, 0.5) is 11.4 Å². The summed E-state index contributed by atoms with van der Waals surface area (Å²) in [6.07, 6.45) is 0. The van der Waals surface area contributed by atoms with Crippen LogP contribution < -0.4 is 4.90 Å². The monoisotopic (exact) mass is 293 g/mol. The van der Waals surface area contributed by atoms with Gasteiger partial charge < -0.3 is 10.0 Å². The van der Waals surface area contributed by atoms with E-state index in [4.69, 9.17) is 5.11 Å². The highest BCUT2D eigenvalue weighted by molar-refractivity contribution is 7.09. The molecule has 6 nitrogen and oxygen atoms in total. The average molecular weight is 293 g/mol. The van der Waals surface area contributed by atoms with Gasteiger partial charge in [-0.15, -0.1) is 11.3 Å². The summed E-state index contributed by atoms with van der Waals surface area (Å²) in [5, 5.41) is 23.1. The molecule has 0 unspecified atom stereocenters. The second-order valence-electron chi connectivity index (χ2n) is 4.45. The van der Waals surface area contributed by atoms with Gasteiger partial charge in [0.1, 0.15) is 5.69 Å². The molecule has 0 spiro atoms. The number of anilines is 1. The number of aryl methyl sites for hydroxylation is 1. The summed E-state index contributed by atoms with van der Waals surface area (Å²) in [7, 11) is 1.79. The Morgan fingerprint density at radius 3 is 2.80 bits per heavy atom. The van der Waals surface area contributed by atoms with E-state index in [1.807, 2.05) is 12.3 Å². The molecule has 20 heavy (non-hydrogen) atoms. The molecule has 0 fully saturated rings. The van der Waals surface area contributed by atoms with Crippen molar-refractivity contribution in [3.63, 3.8) is 0 Å². The van der Waals surface area contributed by atoms with Crippen LogP contribution in [-0.4, -0.2) is 22.1 Å². The van der Waals surface area contributed by atoms with Crippen LogP contribution >= 0.6 is 11.3 Å². The van der Waals surface area contributed by atoms with E-state index in [2.05, 4.69) is 4.98 Å². The Bertz CT molecular complexity index is 627. The summed E-state index contributed by atoms with van der Waals surface area (Å²) in [6, 6.07) is 4.74. The number of aliphatic hydroxyl groups is 1. The van der Waals surface area contributed by atoms with E-state index in [1.165, 1.54) is 6.07 Å². The third-order valence-corrected chi connectivity index (χ3v) is 3.72.